The fraction of sp³-hybridized carbons (Fsp3) is 0.478. The lowest BCUT2D eigenvalue weighted by Gasteiger charge is -2.11. The first kappa shape index (κ1) is 22.4. The Morgan fingerprint density at radius 3 is 2.04 bits per heavy atom. The van der Waals surface area contributed by atoms with Crippen LogP contribution >= 0.6 is 0 Å². The van der Waals surface area contributed by atoms with E-state index in [0.29, 0.717) is 5.75 Å². The maximum atomic E-state index is 11.7. The Hall–Kier alpha value is -1.85. The number of rotatable bonds is 13. The van der Waals surface area contributed by atoms with Crippen LogP contribution in [0.4, 0.5) is 0 Å². The first-order chi connectivity index (χ1) is 13.5. The van der Waals surface area contributed by atoms with Crippen molar-refractivity contribution in [3.8, 4) is 11.5 Å². The van der Waals surface area contributed by atoms with Crippen LogP contribution in [0.2, 0.25) is 0 Å². The van der Waals surface area contributed by atoms with Crippen molar-refractivity contribution in [3.63, 3.8) is 0 Å². The van der Waals surface area contributed by atoms with Gasteiger partial charge in [-0.1, -0.05) is 82.6 Å². The molecule has 0 unspecified atom stereocenters. The van der Waals surface area contributed by atoms with Crippen LogP contribution in [-0.4, -0.2) is 13.0 Å². The molecular weight excluding hydrogens is 372 g/mol. The average Bonchev–Trinajstić information content (AvgIpc) is 2.67. The summed E-state index contributed by atoms with van der Waals surface area (Å²) in [6.07, 6.45) is 12.3. The van der Waals surface area contributed by atoms with Gasteiger partial charge in [-0.25, -0.2) is 0 Å². The average molecular weight is 405 g/mol. The SMILES string of the molecule is CCCCCCCCCCCc1ccc(S(=O)(=O)O)c(Oc2ccccc2)c1. The lowest BCUT2D eigenvalue weighted by atomic mass is 10.0. The molecule has 1 N–H and O–H groups in total. The molecule has 0 aliphatic rings. The number of hydrogen-bond acceptors (Lipinski definition) is 3. The minimum absolute atomic E-state index is 0.169. The van der Waals surface area contributed by atoms with Crippen molar-refractivity contribution >= 4 is 10.1 Å². The zero-order valence-electron chi connectivity index (χ0n) is 16.8. The second-order valence-electron chi connectivity index (χ2n) is 7.25. The Kier molecular flexibility index (Phi) is 9.51. The first-order valence-electron chi connectivity index (χ1n) is 10.3. The number of benzene rings is 2. The first-order valence-corrected chi connectivity index (χ1v) is 11.8. The van der Waals surface area contributed by atoms with Gasteiger partial charge in [-0.3, -0.25) is 4.55 Å². The highest BCUT2D eigenvalue weighted by atomic mass is 32.2. The van der Waals surface area contributed by atoms with E-state index >= 15 is 0 Å². The predicted molar refractivity (Wildman–Crippen MR) is 114 cm³/mol. The van der Waals surface area contributed by atoms with Crippen molar-refractivity contribution in [1.82, 2.24) is 0 Å². The van der Waals surface area contributed by atoms with E-state index in [4.69, 9.17) is 4.74 Å². The van der Waals surface area contributed by atoms with Crippen molar-refractivity contribution in [3.05, 3.63) is 54.1 Å². The molecule has 2 rings (SSSR count). The standard InChI is InChI=1S/C23H32O4S/c1-2-3-4-5-6-7-8-9-11-14-20-17-18-23(28(24,25)26)22(19-20)27-21-15-12-10-13-16-21/h10,12-13,15-19H,2-9,11,14H2,1H3,(H,24,25,26). The smallest absolute Gasteiger partial charge is 0.298 e. The minimum atomic E-state index is -4.34. The Morgan fingerprint density at radius 2 is 1.43 bits per heavy atom. The molecule has 0 aliphatic carbocycles. The summed E-state index contributed by atoms with van der Waals surface area (Å²) in [5.41, 5.74) is 1.02. The molecule has 0 bridgehead atoms. The van der Waals surface area contributed by atoms with Crippen LogP contribution in [0.25, 0.3) is 0 Å². The summed E-state index contributed by atoms with van der Waals surface area (Å²) >= 11 is 0. The zero-order valence-corrected chi connectivity index (χ0v) is 17.6. The maximum absolute atomic E-state index is 11.7. The summed E-state index contributed by atoms with van der Waals surface area (Å²) in [6.45, 7) is 2.23. The van der Waals surface area contributed by atoms with Crippen molar-refractivity contribution in [1.29, 1.82) is 0 Å². The highest BCUT2D eigenvalue weighted by molar-refractivity contribution is 7.86. The number of unbranched alkanes of at least 4 members (excludes halogenated alkanes) is 8. The topological polar surface area (TPSA) is 63.6 Å². The summed E-state index contributed by atoms with van der Waals surface area (Å²) in [5, 5.41) is 0. The summed E-state index contributed by atoms with van der Waals surface area (Å²) in [5.74, 6) is 0.703. The molecule has 28 heavy (non-hydrogen) atoms. The highest BCUT2D eigenvalue weighted by Crippen LogP contribution is 2.30. The van der Waals surface area contributed by atoms with Gasteiger partial charge < -0.3 is 4.74 Å². The van der Waals surface area contributed by atoms with Crippen LogP contribution < -0.4 is 4.74 Å². The summed E-state index contributed by atoms with van der Waals surface area (Å²) < 4.78 is 38.5. The van der Waals surface area contributed by atoms with Gasteiger partial charge in [-0.2, -0.15) is 8.42 Å². The van der Waals surface area contributed by atoms with Crippen molar-refractivity contribution in [2.45, 2.75) is 76.0 Å². The molecule has 0 heterocycles. The van der Waals surface area contributed by atoms with Crippen molar-refractivity contribution in [2.24, 2.45) is 0 Å². The molecule has 0 atom stereocenters. The lowest BCUT2D eigenvalue weighted by Crippen LogP contribution is -2.02. The van der Waals surface area contributed by atoms with Gasteiger partial charge in [-0.15, -0.1) is 0 Å². The Morgan fingerprint density at radius 1 is 0.821 bits per heavy atom. The van der Waals surface area contributed by atoms with Crippen molar-refractivity contribution < 1.29 is 17.7 Å². The summed E-state index contributed by atoms with van der Waals surface area (Å²) in [7, 11) is -4.34. The van der Waals surface area contributed by atoms with Gasteiger partial charge in [-0.05, 0) is 42.7 Å². The minimum Gasteiger partial charge on any atom is -0.456 e. The second-order valence-corrected chi connectivity index (χ2v) is 8.64. The molecule has 0 amide bonds. The van der Waals surface area contributed by atoms with E-state index in [1.54, 1.807) is 24.3 Å². The third-order valence-corrected chi connectivity index (χ3v) is 5.72. The fourth-order valence-corrected chi connectivity index (χ4v) is 3.85. The van der Waals surface area contributed by atoms with E-state index in [1.165, 1.54) is 57.4 Å². The second kappa shape index (κ2) is 11.9. The normalized spacial score (nSPS) is 11.5. The van der Waals surface area contributed by atoms with Gasteiger partial charge in [0, 0.05) is 0 Å². The number of hydrogen-bond donors (Lipinski definition) is 1. The zero-order chi connectivity index (χ0) is 20.2. The van der Waals surface area contributed by atoms with Crippen LogP contribution in [0, 0.1) is 0 Å². The molecule has 5 heteroatoms. The lowest BCUT2D eigenvalue weighted by molar-refractivity contribution is 0.449. The number of ether oxygens (including phenoxy) is 1. The fourth-order valence-electron chi connectivity index (χ4n) is 3.26. The molecule has 0 spiro atoms. The third kappa shape index (κ3) is 8.03. The van der Waals surface area contributed by atoms with Crippen molar-refractivity contribution in [2.75, 3.05) is 0 Å². The van der Waals surface area contributed by atoms with Gasteiger partial charge in [0.15, 0.2) is 0 Å². The van der Waals surface area contributed by atoms with Crippen LogP contribution in [0.1, 0.15) is 70.3 Å². The van der Waals surface area contributed by atoms with Crippen LogP contribution in [0.15, 0.2) is 53.4 Å². The largest absolute Gasteiger partial charge is 0.456 e. The summed E-state index contributed by atoms with van der Waals surface area (Å²) in [6, 6.07) is 13.9. The molecule has 0 saturated heterocycles. The number of para-hydroxylation sites is 1. The molecule has 0 aliphatic heterocycles. The monoisotopic (exact) mass is 404 g/mol. The third-order valence-electron chi connectivity index (χ3n) is 4.83. The van der Waals surface area contributed by atoms with Gasteiger partial charge in [0.2, 0.25) is 0 Å². The molecule has 0 aromatic heterocycles. The van der Waals surface area contributed by atoms with Gasteiger partial charge in [0.05, 0.1) is 0 Å². The Balaban J connectivity index is 1.88. The molecule has 0 saturated carbocycles. The summed E-state index contributed by atoms with van der Waals surface area (Å²) in [4.78, 5) is -0.202. The van der Waals surface area contributed by atoms with Gasteiger partial charge in [0.1, 0.15) is 16.4 Å². The Bertz CT molecular complexity index is 801. The van der Waals surface area contributed by atoms with Gasteiger partial charge in [0.25, 0.3) is 10.1 Å². The van der Waals surface area contributed by atoms with Crippen LogP contribution in [0.3, 0.4) is 0 Å². The van der Waals surface area contributed by atoms with E-state index in [2.05, 4.69) is 6.92 Å². The molecule has 0 fully saturated rings. The van der Waals surface area contributed by atoms with E-state index in [-0.39, 0.29) is 10.6 Å². The van der Waals surface area contributed by atoms with E-state index in [0.717, 1.165) is 18.4 Å². The van der Waals surface area contributed by atoms with E-state index < -0.39 is 10.1 Å². The quantitative estimate of drug-likeness (QED) is 0.294. The molecule has 2 aromatic carbocycles. The molecule has 154 valence electrons. The maximum Gasteiger partial charge on any atom is 0.298 e. The predicted octanol–water partition coefficient (Wildman–Crippen LogP) is 6.80. The van der Waals surface area contributed by atoms with Crippen LogP contribution in [0.5, 0.6) is 11.5 Å². The number of aryl methyl sites for hydroxylation is 1. The molecule has 4 nitrogen and oxygen atoms in total. The molecular formula is C23H32O4S. The molecule has 0 radical (unpaired) electrons. The highest BCUT2D eigenvalue weighted by Gasteiger charge is 2.18. The molecule has 2 aromatic rings. The Labute approximate surface area is 169 Å². The van der Waals surface area contributed by atoms with E-state index in [1.807, 2.05) is 18.2 Å². The van der Waals surface area contributed by atoms with E-state index in [9.17, 15) is 13.0 Å². The van der Waals surface area contributed by atoms with Gasteiger partial charge >= 0.3 is 0 Å². The van der Waals surface area contributed by atoms with Crippen LogP contribution in [-0.2, 0) is 16.5 Å².